The summed E-state index contributed by atoms with van der Waals surface area (Å²) in [5.74, 6) is -0.191. The number of β-amino-alcohol motifs (C(OH)–C–C–N with tert-alkyl or cyclic N) is 1. The van der Waals surface area contributed by atoms with Crippen LogP contribution in [0.15, 0.2) is 58.9 Å². The predicted octanol–water partition coefficient (Wildman–Crippen LogP) is 5.08. The smallest absolute Gasteiger partial charge is 0.258 e. The number of aryl methyl sites for hydroxylation is 1. The first-order valence-electron chi connectivity index (χ1n) is 19.3. The number of rotatable bonds is 15. The minimum atomic E-state index is -1.95. The van der Waals surface area contributed by atoms with Gasteiger partial charge in [-0.2, -0.15) is 0 Å². The third kappa shape index (κ3) is 10.6. The lowest BCUT2D eigenvalue weighted by atomic mass is 9.85. The standard InChI is InChI=1S/C41H55FN6O5S2/c1-26-35(55-25-45-26)27-10-11-28(34(20-27)53-31-13-18-47(19-14-31)17-12-29(43)24-54-32-8-6-5-7-9-32)22-44-37(50)33-21-30(49)23-48(33)38(51)36(40(2,3)4)46-39(52)41(42)15-16-41/h5-11,20,25,29-31,33,36,49H,12-19,21-24,43H2,1-4H3,(H,44,50)(H,46,52)/t29-,30-,33+,36-/m1/s1. The summed E-state index contributed by atoms with van der Waals surface area (Å²) in [5.41, 5.74) is 8.28. The van der Waals surface area contributed by atoms with Crippen molar-refractivity contribution in [2.45, 2.75) is 114 Å². The van der Waals surface area contributed by atoms with E-state index in [1.807, 2.05) is 48.8 Å². The Balaban J connectivity index is 1.08. The Morgan fingerprint density at radius 3 is 2.53 bits per heavy atom. The predicted molar refractivity (Wildman–Crippen MR) is 215 cm³/mol. The zero-order valence-electron chi connectivity index (χ0n) is 32.3. The number of hydrogen-bond acceptors (Lipinski definition) is 10. The minimum absolute atomic E-state index is 0.00690. The highest BCUT2D eigenvalue weighted by Gasteiger charge is 2.53. The highest BCUT2D eigenvalue weighted by molar-refractivity contribution is 7.99. The molecule has 3 amide bonds. The van der Waals surface area contributed by atoms with E-state index < -0.39 is 47.0 Å². The Morgan fingerprint density at radius 2 is 1.87 bits per heavy atom. The number of nitrogens with two attached hydrogens (primary N) is 1. The molecule has 11 nitrogen and oxygen atoms in total. The summed E-state index contributed by atoms with van der Waals surface area (Å²) >= 11 is 3.35. The molecule has 5 N–H and O–H groups in total. The van der Waals surface area contributed by atoms with E-state index in [-0.39, 0.29) is 44.5 Å². The second-order valence-corrected chi connectivity index (χ2v) is 18.2. The molecule has 2 saturated heterocycles. The number of aromatic nitrogens is 1. The van der Waals surface area contributed by atoms with Crippen LogP contribution in [-0.4, -0.2) is 106 Å². The van der Waals surface area contributed by atoms with E-state index in [1.165, 1.54) is 9.80 Å². The minimum Gasteiger partial charge on any atom is -0.490 e. The molecule has 3 aliphatic rings. The van der Waals surface area contributed by atoms with Crippen LogP contribution in [-0.2, 0) is 20.9 Å². The number of halogens is 1. The van der Waals surface area contributed by atoms with Crippen LogP contribution >= 0.6 is 23.1 Å². The van der Waals surface area contributed by atoms with Gasteiger partial charge in [0.1, 0.15) is 23.9 Å². The third-order valence-corrected chi connectivity index (χ3v) is 12.9. The number of carbonyl (C=O) groups excluding carboxylic acids is 3. The Hall–Kier alpha value is -3.56. The number of aliphatic hydroxyl groups is 1. The molecule has 1 aromatic heterocycles. The van der Waals surface area contributed by atoms with Gasteiger partial charge in [-0.1, -0.05) is 51.1 Å². The lowest BCUT2D eigenvalue weighted by Crippen LogP contribution is -2.59. The second kappa shape index (κ2) is 17.7. The maximum atomic E-state index is 14.6. The fraction of sp³-hybridized carbons (Fsp3) is 0.561. The van der Waals surface area contributed by atoms with E-state index in [2.05, 4.69) is 32.7 Å². The summed E-state index contributed by atoms with van der Waals surface area (Å²) in [7, 11) is 0. The quantitative estimate of drug-likeness (QED) is 0.155. The molecular weight excluding hydrogens is 740 g/mol. The second-order valence-electron chi connectivity index (χ2n) is 16.3. The number of aliphatic hydroxyl groups excluding tert-OH is 1. The maximum absolute atomic E-state index is 14.6. The van der Waals surface area contributed by atoms with Gasteiger partial charge in [0.25, 0.3) is 5.91 Å². The fourth-order valence-electron chi connectivity index (χ4n) is 7.13. The molecule has 3 aromatic rings. The summed E-state index contributed by atoms with van der Waals surface area (Å²) < 4.78 is 21.3. The molecule has 0 unspecified atom stereocenters. The van der Waals surface area contributed by atoms with Crippen LogP contribution in [0.2, 0.25) is 0 Å². The number of carbonyl (C=O) groups is 3. The van der Waals surface area contributed by atoms with Gasteiger partial charge in [0, 0.05) is 54.9 Å². The molecule has 2 aliphatic heterocycles. The average molecular weight is 795 g/mol. The lowest BCUT2D eigenvalue weighted by Gasteiger charge is -2.35. The zero-order chi connectivity index (χ0) is 39.3. The van der Waals surface area contributed by atoms with Crippen molar-refractivity contribution in [2.75, 3.05) is 31.9 Å². The first-order valence-corrected chi connectivity index (χ1v) is 21.2. The van der Waals surface area contributed by atoms with Crippen LogP contribution in [0.3, 0.4) is 0 Å². The van der Waals surface area contributed by atoms with Crippen molar-refractivity contribution in [3.05, 3.63) is 65.3 Å². The van der Waals surface area contributed by atoms with Gasteiger partial charge in [-0.3, -0.25) is 14.4 Å². The van der Waals surface area contributed by atoms with Crippen LogP contribution in [0.1, 0.15) is 70.6 Å². The highest BCUT2D eigenvalue weighted by atomic mass is 32.2. The summed E-state index contributed by atoms with van der Waals surface area (Å²) in [6.45, 7) is 10.1. The number of likely N-dealkylation sites (tertiary alicyclic amines) is 2. The molecule has 0 bridgehead atoms. The number of benzene rings is 2. The molecule has 55 heavy (non-hydrogen) atoms. The molecule has 14 heteroatoms. The van der Waals surface area contributed by atoms with Gasteiger partial charge in [-0.05, 0) is 74.8 Å². The van der Waals surface area contributed by atoms with Gasteiger partial charge >= 0.3 is 0 Å². The molecule has 1 aliphatic carbocycles. The Kier molecular flexibility index (Phi) is 13.2. The van der Waals surface area contributed by atoms with Gasteiger partial charge in [-0.15, -0.1) is 23.1 Å². The number of ether oxygens (including phenoxy) is 1. The summed E-state index contributed by atoms with van der Waals surface area (Å²) in [6, 6.07) is 14.4. The van der Waals surface area contributed by atoms with E-state index in [9.17, 15) is 23.9 Å². The number of nitrogens with zero attached hydrogens (tertiary/aromatic N) is 3. The molecule has 298 valence electrons. The molecule has 0 radical (unpaired) electrons. The number of alkyl halides is 1. The van der Waals surface area contributed by atoms with Crippen LogP contribution in [0, 0.1) is 12.3 Å². The molecule has 4 atom stereocenters. The molecule has 3 fully saturated rings. The average Bonchev–Trinajstić information content (AvgIpc) is 3.57. The molecule has 3 heterocycles. The van der Waals surface area contributed by atoms with E-state index >= 15 is 0 Å². The van der Waals surface area contributed by atoms with Crippen molar-refractivity contribution in [3.8, 4) is 16.2 Å². The number of thiazole rings is 1. The Labute approximate surface area is 332 Å². The van der Waals surface area contributed by atoms with Crippen molar-refractivity contribution in [3.63, 3.8) is 0 Å². The van der Waals surface area contributed by atoms with Crippen molar-refractivity contribution >= 4 is 40.8 Å². The topological polar surface area (TPSA) is 150 Å². The third-order valence-electron chi connectivity index (χ3n) is 10.7. The monoisotopic (exact) mass is 794 g/mol. The van der Waals surface area contributed by atoms with Crippen molar-refractivity contribution in [1.82, 2.24) is 25.4 Å². The summed E-state index contributed by atoms with van der Waals surface area (Å²) in [6.07, 6.45) is 2.02. The van der Waals surface area contributed by atoms with E-state index in [1.54, 1.807) is 43.9 Å². The molecule has 2 aromatic carbocycles. The maximum Gasteiger partial charge on any atom is 0.258 e. The summed E-state index contributed by atoms with van der Waals surface area (Å²) in [4.78, 5) is 50.8. The van der Waals surface area contributed by atoms with Gasteiger partial charge in [0.2, 0.25) is 11.8 Å². The molecule has 6 rings (SSSR count). The van der Waals surface area contributed by atoms with E-state index in [0.717, 1.165) is 66.3 Å². The SMILES string of the molecule is Cc1ncsc1-c1ccc(CNC(=O)[C@@H]2C[C@@H](O)CN2C(=O)[C@@H](NC(=O)C2(F)CC2)C(C)(C)C)c(OC2CCN(CC[C@@H](N)CSc3ccccc3)CC2)c1. The lowest BCUT2D eigenvalue weighted by molar-refractivity contribution is -0.145. The number of nitrogens with one attached hydrogen (secondary N) is 2. The fourth-order valence-corrected chi connectivity index (χ4v) is 8.86. The largest absolute Gasteiger partial charge is 0.490 e. The van der Waals surface area contributed by atoms with Crippen molar-refractivity contribution < 1.29 is 28.6 Å². The normalized spacial score (nSPS) is 21.2. The van der Waals surface area contributed by atoms with E-state index in [0.29, 0.717) is 5.75 Å². The molecule has 0 spiro atoms. The van der Waals surface area contributed by atoms with Gasteiger partial charge in [0.15, 0.2) is 5.67 Å². The van der Waals surface area contributed by atoms with Gasteiger partial charge < -0.3 is 36.0 Å². The summed E-state index contributed by atoms with van der Waals surface area (Å²) in [5, 5.41) is 16.2. The van der Waals surface area contributed by atoms with Crippen LogP contribution in [0.25, 0.3) is 10.4 Å². The number of hydrogen-bond donors (Lipinski definition) is 4. The van der Waals surface area contributed by atoms with Crippen molar-refractivity contribution in [2.24, 2.45) is 11.1 Å². The van der Waals surface area contributed by atoms with E-state index in [4.69, 9.17) is 10.5 Å². The van der Waals surface area contributed by atoms with Crippen LogP contribution in [0.5, 0.6) is 5.75 Å². The highest BCUT2D eigenvalue weighted by Crippen LogP contribution is 2.40. The number of thioether (sulfide) groups is 1. The first kappa shape index (κ1) is 41.1. The van der Waals surface area contributed by atoms with Crippen LogP contribution in [0.4, 0.5) is 4.39 Å². The number of piperidine rings is 1. The zero-order valence-corrected chi connectivity index (χ0v) is 33.9. The van der Waals surface area contributed by atoms with Crippen LogP contribution < -0.4 is 21.1 Å². The molecular formula is C41H55FN6O5S2. The Bertz CT molecular complexity index is 1790. The van der Waals surface area contributed by atoms with Gasteiger partial charge in [-0.25, -0.2) is 9.37 Å². The first-order chi connectivity index (χ1) is 26.2. The molecule has 1 saturated carbocycles. The Morgan fingerprint density at radius 1 is 1.15 bits per heavy atom. The van der Waals surface area contributed by atoms with Gasteiger partial charge in [0.05, 0.1) is 22.2 Å². The number of amides is 3. The van der Waals surface area contributed by atoms with Crippen molar-refractivity contribution in [1.29, 1.82) is 0 Å².